The quantitative estimate of drug-likeness (QED) is 0.429. The van der Waals surface area contributed by atoms with Crippen molar-refractivity contribution in [3.05, 3.63) is 35.1 Å². The van der Waals surface area contributed by atoms with Crippen LogP contribution < -0.4 is 10.6 Å². The summed E-state index contributed by atoms with van der Waals surface area (Å²) in [5.41, 5.74) is 1.55. The molecule has 1 aromatic rings. The van der Waals surface area contributed by atoms with E-state index in [1.54, 1.807) is 26.1 Å². The van der Waals surface area contributed by atoms with Crippen molar-refractivity contribution in [3.8, 4) is 0 Å². The van der Waals surface area contributed by atoms with Crippen molar-refractivity contribution in [2.24, 2.45) is 4.99 Å². The molecular formula is C16H26FIN4O. The lowest BCUT2D eigenvalue weighted by Gasteiger charge is -2.30. The minimum atomic E-state index is -0.180. The molecule has 1 aliphatic heterocycles. The number of halogens is 2. The van der Waals surface area contributed by atoms with Crippen LogP contribution in [0.3, 0.4) is 0 Å². The molecule has 0 aliphatic carbocycles. The fourth-order valence-electron chi connectivity index (χ4n) is 2.35. The Morgan fingerprint density at radius 1 is 1.43 bits per heavy atom. The van der Waals surface area contributed by atoms with Crippen LogP contribution in [-0.4, -0.2) is 57.3 Å². The van der Waals surface area contributed by atoms with Crippen molar-refractivity contribution in [1.29, 1.82) is 0 Å². The summed E-state index contributed by atoms with van der Waals surface area (Å²) in [4.78, 5) is 6.43. The Labute approximate surface area is 154 Å². The van der Waals surface area contributed by atoms with Crippen LogP contribution in [0.2, 0.25) is 0 Å². The normalized spacial score (nSPS) is 19.1. The lowest BCUT2D eigenvalue weighted by Crippen LogP contribution is -2.48. The van der Waals surface area contributed by atoms with E-state index in [-0.39, 0.29) is 35.9 Å². The van der Waals surface area contributed by atoms with Crippen LogP contribution in [0, 0.1) is 12.7 Å². The number of morpholine rings is 1. The first-order chi connectivity index (χ1) is 10.6. The molecule has 0 bridgehead atoms. The molecule has 0 saturated carbocycles. The van der Waals surface area contributed by atoms with Gasteiger partial charge in [0.1, 0.15) is 5.82 Å². The zero-order valence-electron chi connectivity index (χ0n) is 13.9. The number of aryl methyl sites for hydroxylation is 1. The Kier molecular flexibility index (Phi) is 8.78. The molecule has 1 fully saturated rings. The first-order valence-corrected chi connectivity index (χ1v) is 7.58. The minimum Gasteiger partial charge on any atom is -0.374 e. The van der Waals surface area contributed by atoms with Gasteiger partial charge < -0.3 is 20.3 Å². The predicted octanol–water partition coefficient (Wildman–Crippen LogP) is 1.75. The molecule has 0 spiro atoms. The second kappa shape index (κ2) is 10.0. The summed E-state index contributed by atoms with van der Waals surface area (Å²) >= 11 is 0. The van der Waals surface area contributed by atoms with Crippen LogP contribution in [0.5, 0.6) is 0 Å². The molecule has 23 heavy (non-hydrogen) atoms. The minimum absolute atomic E-state index is 0. The standard InChI is InChI=1S/C16H25FN4O.HI/c1-12-4-5-13(8-15(12)17)9-19-16(18-2)20-10-14-11-21(3)6-7-22-14;/h4-5,8,14H,6-7,9-11H2,1-3H3,(H2,18,19,20);1H. The Hall–Kier alpha value is -0.930. The number of benzene rings is 1. The van der Waals surface area contributed by atoms with Crippen molar-refractivity contribution >= 4 is 29.9 Å². The number of rotatable bonds is 4. The topological polar surface area (TPSA) is 48.9 Å². The van der Waals surface area contributed by atoms with E-state index in [1.165, 1.54) is 0 Å². The van der Waals surface area contributed by atoms with Crippen molar-refractivity contribution in [2.75, 3.05) is 40.3 Å². The van der Waals surface area contributed by atoms with Gasteiger partial charge in [0.05, 0.1) is 12.7 Å². The van der Waals surface area contributed by atoms with E-state index in [4.69, 9.17) is 4.74 Å². The highest BCUT2D eigenvalue weighted by atomic mass is 127. The van der Waals surface area contributed by atoms with Crippen LogP contribution in [0.25, 0.3) is 0 Å². The van der Waals surface area contributed by atoms with Gasteiger partial charge in [0, 0.05) is 33.2 Å². The van der Waals surface area contributed by atoms with Crippen LogP contribution in [0.4, 0.5) is 4.39 Å². The summed E-state index contributed by atoms with van der Waals surface area (Å²) in [5.74, 6) is 0.513. The van der Waals surface area contributed by atoms with E-state index in [2.05, 4.69) is 27.6 Å². The fraction of sp³-hybridized carbons (Fsp3) is 0.562. The van der Waals surface area contributed by atoms with Gasteiger partial charge in [-0.3, -0.25) is 4.99 Å². The Bertz CT molecular complexity index is 527. The maximum Gasteiger partial charge on any atom is 0.191 e. The van der Waals surface area contributed by atoms with Crippen molar-refractivity contribution in [2.45, 2.75) is 19.6 Å². The summed E-state index contributed by atoms with van der Waals surface area (Å²) in [6.45, 7) is 5.63. The molecule has 5 nitrogen and oxygen atoms in total. The van der Waals surface area contributed by atoms with Gasteiger partial charge in [0.25, 0.3) is 0 Å². The first kappa shape index (κ1) is 20.1. The molecule has 2 rings (SSSR count). The van der Waals surface area contributed by atoms with E-state index in [0.29, 0.717) is 24.6 Å². The van der Waals surface area contributed by atoms with Gasteiger partial charge in [-0.05, 0) is 31.2 Å². The maximum absolute atomic E-state index is 13.5. The smallest absolute Gasteiger partial charge is 0.191 e. The Morgan fingerprint density at radius 2 is 2.22 bits per heavy atom. The lowest BCUT2D eigenvalue weighted by molar-refractivity contribution is -0.0161. The predicted molar refractivity (Wildman–Crippen MR) is 102 cm³/mol. The molecule has 0 aromatic heterocycles. The van der Waals surface area contributed by atoms with Gasteiger partial charge in [-0.2, -0.15) is 0 Å². The van der Waals surface area contributed by atoms with Gasteiger partial charge in [0.2, 0.25) is 0 Å². The molecule has 130 valence electrons. The highest BCUT2D eigenvalue weighted by Crippen LogP contribution is 2.08. The average Bonchev–Trinajstić information content (AvgIpc) is 2.51. The second-order valence-electron chi connectivity index (χ2n) is 5.65. The maximum atomic E-state index is 13.5. The Morgan fingerprint density at radius 3 is 2.87 bits per heavy atom. The van der Waals surface area contributed by atoms with E-state index in [9.17, 15) is 4.39 Å². The third kappa shape index (κ3) is 6.60. The molecular weight excluding hydrogens is 410 g/mol. The van der Waals surface area contributed by atoms with Gasteiger partial charge in [-0.15, -0.1) is 24.0 Å². The summed E-state index contributed by atoms with van der Waals surface area (Å²) in [6, 6.07) is 5.25. The second-order valence-corrected chi connectivity index (χ2v) is 5.65. The van der Waals surface area contributed by atoms with Crippen molar-refractivity contribution < 1.29 is 9.13 Å². The number of nitrogens with one attached hydrogen (secondary N) is 2. The highest BCUT2D eigenvalue weighted by molar-refractivity contribution is 14.0. The monoisotopic (exact) mass is 436 g/mol. The number of ether oxygens (including phenoxy) is 1. The molecule has 2 N–H and O–H groups in total. The van der Waals surface area contributed by atoms with Crippen LogP contribution in [0.15, 0.2) is 23.2 Å². The molecule has 0 radical (unpaired) electrons. The summed E-state index contributed by atoms with van der Waals surface area (Å²) in [5, 5.41) is 6.44. The molecule has 1 heterocycles. The lowest BCUT2D eigenvalue weighted by atomic mass is 10.1. The molecule has 1 aliphatic rings. The highest BCUT2D eigenvalue weighted by Gasteiger charge is 2.17. The van der Waals surface area contributed by atoms with Gasteiger partial charge in [-0.1, -0.05) is 12.1 Å². The van der Waals surface area contributed by atoms with Crippen LogP contribution in [0.1, 0.15) is 11.1 Å². The van der Waals surface area contributed by atoms with Crippen LogP contribution in [-0.2, 0) is 11.3 Å². The molecule has 1 unspecified atom stereocenters. The summed E-state index contributed by atoms with van der Waals surface area (Å²) in [7, 11) is 3.81. The summed E-state index contributed by atoms with van der Waals surface area (Å²) < 4.78 is 19.2. The number of guanidine groups is 1. The number of nitrogens with zero attached hydrogens (tertiary/aromatic N) is 2. The fourth-order valence-corrected chi connectivity index (χ4v) is 2.35. The van der Waals surface area contributed by atoms with Gasteiger partial charge in [-0.25, -0.2) is 4.39 Å². The van der Waals surface area contributed by atoms with Crippen LogP contribution >= 0.6 is 24.0 Å². The van der Waals surface area contributed by atoms with E-state index in [1.807, 2.05) is 6.07 Å². The first-order valence-electron chi connectivity index (χ1n) is 7.58. The molecule has 7 heteroatoms. The molecule has 1 saturated heterocycles. The summed E-state index contributed by atoms with van der Waals surface area (Å²) in [6.07, 6.45) is 0.161. The number of likely N-dealkylation sites (N-methyl/N-ethyl adjacent to an activating group) is 1. The van der Waals surface area contributed by atoms with E-state index in [0.717, 1.165) is 25.3 Å². The third-order valence-corrected chi connectivity index (χ3v) is 3.76. The van der Waals surface area contributed by atoms with Gasteiger partial charge >= 0.3 is 0 Å². The van der Waals surface area contributed by atoms with E-state index < -0.39 is 0 Å². The molecule has 1 aromatic carbocycles. The van der Waals surface area contributed by atoms with Crippen molar-refractivity contribution in [3.63, 3.8) is 0 Å². The molecule has 1 atom stereocenters. The van der Waals surface area contributed by atoms with Crippen molar-refractivity contribution in [1.82, 2.24) is 15.5 Å². The zero-order chi connectivity index (χ0) is 15.9. The number of aliphatic imine (C=N–C) groups is 1. The number of hydrogen-bond acceptors (Lipinski definition) is 3. The Balaban J connectivity index is 0.00000264. The van der Waals surface area contributed by atoms with Gasteiger partial charge in [0.15, 0.2) is 5.96 Å². The van der Waals surface area contributed by atoms with E-state index >= 15 is 0 Å². The average molecular weight is 436 g/mol. The zero-order valence-corrected chi connectivity index (χ0v) is 16.3. The SMILES string of the molecule is CN=C(NCc1ccc(C)c(F)c1)NCC1CN(C)CCO1.I. The molecule has 0 amide bonds. The third-order valence-electron chi connectivity index (χ3n) is 3.76. The number of hydrogen-bond donors (Lipinski definition) is 2. The largest absolute Gasteiger partial charge is 0.374 e.